The Labute approximate surface area is 310 Å². The first-order chi connectivity index (χ1) is 26.2. The Kier molecular flexibility index (Phi) is 9.52. The number of aliphatic hydroxyl groups excluding tert-OH is 2. The molecule has 2 saturated heterocycles. The van der Waals surface area contributed by atoms with Gasteiger partial charge in [-0.05, 0) is 43.0 Å². The molecule has 6 atom stereocenters. The maximum atomic E-state index is 12.9. The average Bonchev–Trinajstić information content (AvgIpc) is 3.95. The van der Waals surface area contributed by atoms with Gasteiger partial charge in [-0.2, -0.15) is 9.97 Å². The van der Waals surface area contributed by atoms with Gasteiger partial charge in [-0.1, -0.05) is 60.7 Å². The Bertz CT molecular complexity index is 2100. The highest BCUT2D eigenvalue weighted by Crippen LogP contribution is 2.38. The van der Waals surface area contributed by atoms with Crippen molar-refractivity contribution in [3.63, 3.8) is 0 Å². The van der Waals surface area contributed by atoms with Crippen molar-refractivity contribution in [2.24, 2.45) is 0 Å². The smallest absolute Gasteiger partial charge is 0.325 e. The summed E-state index contributed by atoms with van der Waals surface area (Å²) in [4.78, 5) is 60.1. The summed E-state index contributed by atoms with van der Waals surface area (Å²) in [5.74, 6) is 0.387. The van der Waals surface area contributed by atoms with E-state index in [9.17, 15) is 24.6 Å². The second-order valence-electron chi connectivity index (χ2n) is 14.0. The van der Waals surface area contributed by atoms with Crippen molar-refractivity contribution in [2.75, 3.05) is 35.2 Å². The van der Waals surface area contributed by atoms with Gasteiger partial charge in [0.1, 0.15) is 18.2 Å². The topological polar surface area (TPSA) is 203 Å². The van der Waals surface area contributed by atoms with E-state index in [0.29, 0.717) is 54.7 Å². The average molecular weight is 732 g/mol. The number of aliphatic hydroxyl groups is 2. The molecule has 5 amide bonds. The highest BCUT2D eigenvalue weighted by molar-refractivity contribution is 6.04. The van der Waals surface area contributed by atoms with E-state index < -0.39 is 42.3 Å². The van der Waals surface area contributed by atoms with E-state index in [2.05, 4.69) is 50.5 Å². The molecule has 2 aromatic carbocycles. The highest BCUT2D eigenvalue weighted by Gasteiger charge is 2.51. The summed E-state index contributed by atoms with van der Waals surface area (Å²) >= 11 is 0. The Hall–Kier alpha value is -6.13. The summed E-state index contributed by atoms with van der Waals surface area (Å²) in [6, 6.07) is 20.3. The van der Waals surface area contributed by atoms with E-state index in [1.54, 1.807) is 42.3 Å². The maximum absolute atomic E-state index is 12.9. The van der Waals surface area contributed by atoms with Crippen LogP contribution in [0.15, 0.2) is 91.5 Å². The predicted octanol–water partition coefficient (Wildman–Crippen LogP) is 2.84. The van der Waals surface area contributed by atoms with Crippen molar-refractivity contribution in [3.05, 3.63) is 103 Å². The van der Waals surface area contributed by atoms with E-state index in [1.807, 2.05) is 41.3 Å². The number of carbonyl (C=O) groups excluding carboxylic acids is 3. The monoisotopic (exact) mass is 731 g/mol. The number of urea groups is 2. The van der Waals surface area contributed by atoms with E-state index in [4.69, 9.17) is 15.0 Å². The van der Waals surface area contributed by atoms with Crippen molar-refractivity contribution in [2.45, 2.75) is 62.1 Å². The first-order valence-corrected chi connectivity index (χ1v) is 18.1. The third-order valence-corrected chi connectivity index (χ3v) is 10.5. The molecule has 8 rings (SSSR count). The van der Waals surface area contributed by atoms with Crippen LogP contribution in [-0.4, -0.2) is 108 Å². The minimum atomic E-state index is -1.38. The molecule has 1 unspecified atom stereocenters. The number of hydrogen-bond donors (Lipinski definition) is 6. The molecule has 278 valence electrons. The summed E-state index contributed by atoms with van der Waals surface area (Å²) in [5, 5.41) is 34.5. The lowest BCUT2D eigenvalue weighted by molar-refractivity contribution is -0.130. The van der Waals surface area contributed by atoms with E-state index >= 15 is 0 Å². The normalized spacial score (nSPS) is 24.0. The van der Waals surface area contributed by atoms with Gasteiger partial charge in [0.25, 0.3) is 5.91 Å². The molecule has 6 N–H and O–H groups in total. The molecule has 0 bridgehead atoms. The second-order valence-corrected chi connectivity index (χ2v) is 14.0. The number of pyridine rings is 1. The molecule has 2 aliphatic heterocycles. The van der Waals surface area contributed by atoms with Crippen LogP contribution in [0.25, 0.3) is 11.2 Å². The van der Waals surface area contributed by atoms with E-state index in [1.165, 1.54) is 0 Å². The van der Waals surface area contributed by atoms with Gasteiger partial charge in [0, 0.05) is 37.8 Å². The predicted molar refractivity (Wildman–Crippen MR) is 200 cm³/mol. The number of hydrogen-bond acceptors (Lipinski definition) is 11. The summed E-state index contributed by atoms with van der Waals surface area (Å²) < 4.78 is 1.69. The molecule has 0 spiro atoms. The minimum absolute atomic E-state index is 0.0271. The van der Waals surface area contributed by atoms with Crippen molar-refractivity contribution >= 4 is 46.6 Å². The molecule has 5 heterocycles. The molecule has 1 saturated carbocycles. The van der Waals surface area contributed by atoms with Gasteiger partial charge in [-0.25, -0.2) is 14.6 Å². The van der Waals surface area contributed by atoms with Crippen LogP contribution in [0.3, 0.4) is 0 Å². The molecular weight excluding hydrogens is 690 g/mol. The molecule has 1 aliphatic carbocycles. The quantitative estimate of drug-likeness (QED) is 0.115. The van der Waals surface area contributed by atoms with Crippen molar-refractivity contribution in [1.82, 2.24) is 40.0 Å². The van der Waals surface area contributed by atoms with Crippen molar-refractivity contribution in [1.29, 1.82) is 0 Å². The number of carbonyl (C=O) groups is 3. The van der Waals surface area contributed by atoms with Gasteiger partial charge in [-0.15, -0.1) is 0 Å². The Morgan fingerprint density at radius 1 is 0.963 bits per heavy atom. The first kappa shape index (κ1) is 34.9. The molecule has 16 heteroatoms. The highest BCUT2D eigenvalue weighted by atomic mass is 16.3. The fourth-order valence-electron chi connectivity index (χ4n) is 7.72. The number of nitrogens with zero attached hydrogens (tertiary/aromatic N) is 7. The fraction of sp³-hybridized carbons (Fsp3) is 0.342. The van der Waals surface area contributed by atoms with Crippen LogP contribution >= 0.6 is 0 Å². The van der Waals surface area contributed by atoms with Crippen LogP contribution in [0.5, 0.6) is 0 Å². The third-order valence-electron chi connectivity index (χ3n) is 10.5. The number of anilines is 3. The summed E-state index contributed by atoms with van der Waals surface area (Å²) in [5.41, 5.74) is 3.68. The second kappa shape index (κ2) is 14.7. The molecule has 3 aromatic heterocycles. The molecule has 54 heavy (non-hydrogen) atoms. The fourth-order valence-corrected chi connectivity index (χ4v) is 7.72. The van der Waals surface area contributed by atoms with Crippen LogP contribution in [0.1, 0.15) is 42.9 Å². The lowest BCUT2D eigenvalue weighted by atomic mass is 9.91. The van der Waals surface area contributed by atoms with Gasteiger partial charge >= 0.3 is 12.1 Å². The maximum Gasteiger partial charge on any atom is 0.325 e. The Balaban J connectivity index is 1.11. The van der Waals surface area contributed by atoms with Crippen molar-refractivity contribution in [3.8, 4) is 0 Å². The molecular formula is C38H41N11O5. The van der Waals surface area contributed by atoms with Gasteiger partial charge in [-0.3, -0.25) is 14.7 Å². The standard InChI is InChI=1S/C38H41N11O5/c1-22-35(52)49(38(54)42-22)29-17-28(31(50)32(29)51)48-21-41-30-33(40-19-27(23-9-4-2-5-10-23)24-11-6-3-7-12-24)45-36(46-34(30)48)47-16-14-26(20-47)44-37(53)43-25-13-8-15-39-18-25/h2-13,15,18,21-22,26-29,31-32,50-51H,14,16-17,19-20H2,1H3,(H,42,54)(H,40,45,46)(H2,43,44,53)/t22-,26?,28+,29-,31-,32+/m0/s1. The first-order valence-electron chi connectivity index (χ1n) is 18.1. The van der Waals surface area contributed by atoms with Gasteiger partial charge in [0.15, 0.2) is 17.0 Å². The number of imide groups is 1. The SMILES string of the molecule is C[C@@H]1NC(=O)N([C@H]2C[C@@H](n3cnc4c(NCC(c5ccccc5)c5ccccc5)nc(N5CCC(NC(=O)Nc6cccnc6)C5)nc43)[C@H](O)[C@@H]2O)C1=O. The lowest BCUT2D eigenvalue weighted by Crippen LogP contribution is -2.47. The molecule has 5 aromatic rings. The van der Waals surface area contributed by atoms with Crippen LogP contribution in [0.4, 0.5) is 27.0 Å². The number of rotatable bonds is 10. The number of nitrogens with one attached hydrogen (secondary N) is 4. The lowest BCUT2D eigenvalue weighted by Gasteiger charge is -2.24. The summed E-state index contributed by atoms with van der Waals surface area (Å²) in [6.07, 6.45) is 2.79. The number of benzene rings is 2. The van der Waals surface area contributed by atoms with Crippen molar-refractivity contribution < 1.29 is 24.6 Å². The zero-order valence-electron chi connectivity index (χ0n) is 29.5. The van der Waals surface area contributed by atoms with Crippen LogP contribution in [0, 0.1) is 0 Å². The molecule has 3 aliphatic rings. The number of amides is 5. The largest absolute Gasteiger partial charge is 0.388 e. The third kappa shape index (κ3) is 6.76. The number of aromatic nitrogens is 5. The van der Waals surface area contributed by atoms with Crippen LogP contribution in [0.2, 0.25) is 0 Å². The van der Waals surface area contributed by atoms with Crippen LogP contribution < -0.4 is 26.2 Å². The van der Waals surface area contributed by atoms with Gasteiger partial charge < -0.3 is 40.9 Å². The minimum Gasteiger partial charge on any atom is -0.388 e. The number of imidazole rings is 1. The molecule has 16 nitrogen and oxygen atoms in total. The molecule has 0 radical (unpaired) electrons. The Morgan fingerprint density at radius 2 is 1.69 bits per heavy atom. The Morgan fingerprint density at radius 3 is 2.35 bits per heavy atom. The van der Waals surface area contributed by atoms with Gasteiger partial charge in [0.05, 0.1) is 30.3 Å². The zero-order valence-corrected chi connectivity index (χ0v) is 29.5. The zero-order chi connectivity index (χ0) is 37.3. The number of fused-ring (bicyclic) bond motifs is 1. The van der Waals surface area contributed by atoms with Crippen LogP contribution in [-0.2, 0) is 4.79 Å². The van der Waals surface area contributed by atoms with Gasteiger partial charge in [0.2, 0.25) is 5.95 Å². The van der Waals surface area contributed by atoms with E-state index in [0.717, 1.165) is 16.0 Å². The summed E-state index contributed by atoms with van der Waals surface area (Å²) in [6.45, 7) is 3.05. The molecule has 3 fully saturated rings. The van der Waals surface area contributed by atoms with E-state index in [-0.39, 0.29) is 24.4 Å². The summed E-state index contributed by atoms with van der Waals surface area (Å²) in [7, 11) is 0.